The summed E-state index contributed by atoms with van der Waals surface area (Å²) in [7, 11) is 0. The van der Waals surface area contributed by atoms with Crippen molar-refractivity contribution in [1.29, 1.82) is 0 Å². The highest BCUT2D eigenvalue weighted by molar-refractivity contribution is 5.41. The maximum Gasteiger partial charge on any atom is 0.218 e. The highest BCUT2D eigenvalue weighted by Gasteiger charge is 2.31. The van der Waals surface area contributed by atoms with E-state index in [9.17, 15) is 4.39 Å². The Bertz CT molecular complexity index is 374. The van der Waals surface area contributed by atoms with E-state index in [0.717, 1.165) is 13.1 Å². The minimum Gasteiger partial charge on any atom is -0.353 e. The van der Waals surface area contributed by atoms with Crippen molar-refractivity contribution in [3.8, 4) is 0 Å². The van der Waals surface area contributed by atoms with Gasteiger partial charge in [-0.2, -0.15) is 4.39 Å². The van der Waals surface area contributed by atoms with E-state index < -0.39 is 5.95 Å². The molecule has 1 N–H and O–H groups in total. The zero-order valence-electron chi connectivity index (χ0n) is 9.06. The molecule has 0 unspecified atom stereocenters. The van der Waals surface area contributed by atoms with Gasteiger partial charge in [-0.25, -0.2) is 9.97 Å². The Kier molecular flexibility index (Phi) is 2.47. The molecule has 0 atom stereocenters. The van der Waals surface area contributed by atoms with E-state index >= 15 is 0 Å². The van der Waals surface area contributed by atoms with E-state index in [1.807, 2.05) is 0 Å². The predicted octanol–water partition coefficient (Wildman–Crippen LogP) is 0.946. The molecule has 16 heavy (non-hydrogen) atoms. The molecule has 1 aliphatic heterocycles. The third-order valence-electron chi connectivity index (χ3n) is 3.40. The fourth-order valence-electron chi connectivity index (χ4n) is 2.18. The Morgan fingerprint density at radius 3 is 2.69 bits per heavy atom. The normalized spacial score (nSPS) is 21.7. The van der Waals surface area contributed by atoms with Crippen LogP contribution in [0.3, 0.4) is 0 Å². The number of hydrogen-bond acceptors (Lipinski definition) is 4. The highest BCUT2D eigenvalue weighted by atomic mass is 19.1. The molecule has 0 aromatic carbocycles. The second-order valence-electron chi connectivity index (χ2n) is 4.60. The molecule has 0 spiro atoms. The molecule has 3 rings (SSSR count). The van der Waals surface area contributed by atoms with Crippen LogP contribution >= 0.6 is 0 Å². The molecule has 0 radical (unpaired) electrons. The molecule has 2 fully saturated rings. The number of nitrogens with zero attached hydrogens (tertiary/aromatic N) is 3. The van der Waals surface area contributed by atoms with Crippen LogP contribution in [-0.4, -0.2) is 35.1 Å². The Hall–Kier alpha value is -1.23. The molecular weight excluding hydrogens is 207 g/mol. The molecule has 86 valence electrons. The summed E-state index contributed by atoms with van der Waals surface area (Å²) in [5.74, 6) is 0.236. The molecule has 0 amide bonds. The number of halogens is 1. The standard InChI is InChI=1S/C11H15FN4/c12-10-4-11(14-7-13-10)16-5-9(6-16)15-8-2-1-3-8/h4,7-9,15H,1-3,5-6H2. The molecule has 1 saturated heterocycles. The lowest BCUT2D eigenvalue weighted by Crippen LogP contribution is -2.61. The summed E-state index contributed by atoms with van der Waals surface area (Å²) >= 11 is 0. The van der Waals surface area contributed by atoms with E-state index in [1.165, 1.54) is 31.7 Å². The van der Waals surface area contributed by atoms with Crippen molar-refractivity contribution < 1.29 is 4.39 Å². The van der Waals surface area contributed by atoms with E-state index in [0.29, 0.717) is 17.9 Å². The number of nitrogens with one attached hydrogen (secondary N) is 1. The molecular formula is C11H15FN4. The molecule has 1 saturated carbocycles. The van der Waals surface area contributed by atoms with Crippen LogP contribution in [-0.2, 0) is 0 Å². The molecule has 4 nitrogen and oxygen atoms in total. The van der Waals surface area contributed by atoms with Crippen LogP contribution in [0.1, 0.15) is 19.3 Å². The summed E-state index contributed by atoms with van der Waals surface area (Å²) in [6.07, 6.45) is 5.24. The highest BCUT2D eigenvalue weighted by Crippen LogP contribution is 2.23. The maximum atomic E-state index is 12.9. The number of anilines is 1. The first-order valence-electron chi connectivity index (χ1n) is 5.80. The number of rotatable bonds is 3. The molecule has 2 aliphatic rings. The van der Waals surface area contributed by atoms with Gasteiger partial charge in [0.05, 0.1) is 0 Å². The lowest BCUT2D eigenvalue weighted by molar-refractivity contribution is 0.278. The molecule has 1 aliphatic carbocycles. The second-order valence-corrected chi connectivity index (χ2v) is 4.60. The zero-order valence-corrected chi connectivity index (χ0v) is 9.06. The van der Waals surface area contributed by atoms with Crippen LogP contribution in [0.4, 0.5) is 10.2 Å². The Morgan fingerprint density at radius 1 is 1.25 bits per heavy atom. The average Bonchev–Trinajstić information content (AvgIpc) is 2.12. The van der Waals surface area contributed by atoms with Crippen LogP contribution < -0.4 is 10.2 Å². The molecule has 2 heterocycles. The summed E-state index contributed by atoms with van der Waals surface area (Å²) in [6.45, 7) is 1.85. The third kappa shape index (κ3) is 1.87. The fraction of sp³-hybridized carbons (Fsp3) is 0.636. The van der Waals surface area contributed by atoms with Gasteiger partial charge in [-0.05, 0) is 12.8 Å². The topological polar surface area (TPSA) is 41.0 Å². The van der Waals surface area contributed by atoms with Crippen molar-refractivity contribution in [2.75, 3.05) is 18.0 Å². The summed E-state index contributed by atoms with van der Waals surface area (Å²) in [5, 5.41) is 3.59. The first kappa shape index (κ1) is 9.96. The largest absolute Gasteiger partial charge is 0.353 e. The number of aromatic nitrogens is 2. The predicted molar refractivity (Wildman–Crippen MR) is 58.8 cm³/mol. The van der Waals surface area contributed by atoms with E-state index in [4.69, 9.17) is 0 Å². The van der Waals surface area contributed by atoms with Crippen LogP contribution in [0.15, 0.2) is 12.4 Å². The first-order chi connectivity index (χ1) is 7.81. The summed E-state index contributed by atoms with van der Waals surface area (Å²) in [6, 6.07) is 2.65. The number of hydrogen-bond donors (Lipinski definition) is 1. The van der Waals surface area contributed by atoms with Crippen LogP contribution in [0.5, 0.6) is 0 Å². The smallest absolute Gasteiger partial charge is 0.218 e. The maximum absolute atomic E-state index is 12.9. The van der Waals surface area contributed by atoms with Crippen molar-refractivity contribution in [2.24, 2.45) is 0 Å². The van der Waals surface area contributed by atoms with Crippen LogP contribution in [0, 0.1) is 5.95 Å². The lowest BCUT2D eigenvalue weighted by atomic mass is 9.91. The fourth-order valence-corrected chi connectivity index (χ4v) is 2.18. The van der Waals surface area contributed by atoms with Gasteiger partial charge in [0.25, 0.3) is 0 Å². The summed E-state index contributed by atoms with van der Waals surface area (Å²) in [5.41, 5.74) is 0. The summed E-state index contributed by atoms with van der Waals surface area (Å²) < 4.78 is 12.9. The van der Waals surface area contributed by atoms with Gasteiger partial charge in [0, 0.05) is 31.2 Å². The van der Waals surface area contributed by atoms with Crippen molar-refractivity contribution in [3.63, 3.8) is 0 Å². The minimum atomic E-state index is -0.458. The molecule has 5 heteroatoms. The van der Waals surface area contributed by atoms with Gasteiger partial charge in [-0.3, -0.25) is 0 Å². The lowest BCUT2D eigenvalue weighted by Gasteiger charge is -2.43. The first-order valence-corrected chi connectivity index (χ1v) is 5.80. The van der Waals surface area contributed by atoms with Crippen molar-refractivity contribution in [1.82, 2.24) is 15.3 Å². The van der Waals surface area contributed by atoms with E-state index in [1.54, 1.807) is 0 Å². The zero-order chi connectivity index (χ0) is 11.0. The van der Waals surface area contributed by atoms with Crippen LogP contribution in [0.2, 0.25) is 0 Å². The van der Waals surface area contributed by atoms with Gasteiger partial charge in [-0.15, -0.1) is 0 Å². The van der Waals surface area contributed by atoms with Crippen molar-refractivity contribution >= 4 is 5.82 Å². The Balaban J connectivity index is 1.52. The molecule has 0 bridgehead atoms. The van der Waals surface area contributed by atoms with E-state index in [-0.39, 0.29) is 0 Å². The van der Waals surface area contributed by atoms with Gasteiger partial charge in [-0.1, -0.05) is 6.42 Å². The van der Waals surface area contributed by atoms with Crippen LogP contribution in [0.25, 0.3) is 0 Å². The second kappa shape index (κ2) is 3.97. The van der Waals surface area contributed by atoms with Gasteiger partial charge in [0.15, 0.2) is 0 Å². The van der Waals surface area contributed by atoms with Gasteiger partial charge >= 0.3 is 0 Å². The monoisotopic (exact) mass is 222 g/mol. The van der Waals surface area contributed by atoms with Gasteiger partial charge < -0.3 is 10.2 Å². The van der Waals surface area contributed by atoms with Gasteiger partial charge in [0.2, 0.25) is 5.95 Å². The van der Waals surface area contributed by atoms with Gasteiger partial charge in [0.1, 0.15) is 12.1 Å². The Labute approximate surface area is 93.9 Å². The summed E-state index contributed by atoms with van der Waals surface area (Å²) in [4.78, 5) is 9.58. The van der Waals surface area contributed by atoms with Crippen molar-refractivity contribution in [3.05, 3.63) is 18.3 Å². The Morgan fingerprint density at radius 2 is 2.06 bits per heavy atom. The quantitative estimate of drug-likeness (QED) is 0.773. The molecule has 1 aromatic heterocycles. The third-order valence-corrected chi connectivity index (χ3v) is 3.40. The van der Waals surface area contributed by atoms with Crippen molar-refractivity contribution in [2.45, 2.75) is 31.3 Å². The van der Waals surface area contributed by atoms with E-state index in [2.05, 4.69) is 20.2 Å². The molecule has 1 aromatic rings. The average molecular weight is 222 g/mol. The minimum absolute atomic E-state index is 0.458. The SMILES string of the molecule is Fc1cc(N2CC(NC3CCC3)C2)ncn1.